The zero-order chi connectivity index (χ0) is 21.5. The zero-order valence-electron chi connectivity index (χ0n) is 15.5. The number of nitro benzene ring substituents is 1. The van der Waals surface area contributed by atoms with Crippen molar-refractivity contribution < 1.29 is 19.2 Å². The van der Waals surface area contributed by atoms with Crippen LogP contribution in [0.2, 0.25) is 5.02 Å². The van der Waals surface area contributed by atoms with Gasteiger partial charge in [-0.3, -0.25) is 19.7 Å². The highest BCUT2D eigenvalue weighted by molar-refractivity contribution is 8.01. The van der Waals surface area contributed by atoms with Crippen molar-refractivity contribution in [3.8, 4) is 0 Å². The molecule has 1 amide bonds. The minimum absolute atomic E-state index is 0.0341. The fourth-order valence-electron chi connectivity index (χ4n) is 2.43. The van der Waals surface area contributed by atoms with Gasteiger partial charge in [-0.05, 0) is 30.7 Å². The monoisotopic (exact) mass is 465 g/mol. The smallest absolute Gasteiger partial charge is 0.306 e. The molecule has 0 aliphatic heterocycles. The number of nitro groups is 1. The number of para-hydroxylation sites is 1. The minimum Gasteiger partial charge on any atom is -0.456 e. The van der Waals surface area contributed by atoms with Gasteiger partial charge in [0, 0.05) is 23.9 Å². The maximum atomic E-state index is 11.9. The predicted octanol–water partition coefficient (Wildman–Crippen LogP) is 4.91. The number of halogens is 1. The Kier molecular flexibility index (Phi) is 7.61. The number of anilines is 1. The summed E-state index contributed by atoms with van der Waals surface area (Å²) in [6.07, 6.45) is 0.766. The van der Waals surface area contributed by atoms with E-state index in [-0.39, 0.29) is 22.8 Å². The summed E-state index contributed by atoms with van der Waals surface area (Å²) in [6.45, 7) is -0.472. The van der Waals surface area contributed by atoms with E-state index in [9.17, 15) is 19.7 Å². The number of carbonyl (C=O) groups is 2. The van der Waals surface area contributed by atoms with Gasteiger partial charge in [-0.15, -0.1) is 11.3 Å². The first-order valence-corrected chi connectivity index (χ1v) is 11.0. The highest BCUT2D eigenvalue weighted by atomic mass is 35.5. The summed E-state index contributed by atoms with van der Waals surface area (Å²) in [5.74, 6) is -0.379. The van der Waals surface area contributed by atoms with Crippen molar-refractivity contribution >= 4 is 68.2 Å². The van der Waals surface area contributed by atoms with Gasteiger partial charge in [-0.2, -0.15) is 0 Å². The highest BCUT2D eigenvalue weighted by Crippen LogP contribution is 2.30. The van der Waals surface area contributed by atoms with Gasteiger partial charge in [-0.25, -0.2) is 4.98 Å². The number of rotatable bonds is 9. The van der Waals surface area contributed by atoms with E-state index >= 15 is 0 Å². The number of benzene rings is 2. The molecule has 0 saturated carbocycles. The summed E-state index contributed by atoms with van der Waals surface area (Å²) in [7, 11) is 0. The third-order valence-electron chi connectivity index (χ3n) is 3.82. The van der Waals surface area contributed by atoms with E-state index in [0.717, 1.165) is 20.6 Å². The Morgan fingerprint density at radius 1 is 1.27 bits per heavy atom. The molecular weight excluding hydrogens is 450 g/mol. The molecule has 3 rings (SSSR count). The lowest BCUT2D eigenvalue weighted by Gasteiger charge is -2.07. The Labute approximate surface area is 184 Å². The first kappa shape index (κ1) is 22.0. The van der Waals surface area contributed by atoms with E-state index < -0.39 is 23.4 Å². The van der Waals surface area contributed by atoms with E-state index in [0.29, 0.717) is 12.2 Å². The summed E-state index contributed by atoms with van der Waals surface area (Å²) >= 11 is 8.90. The number of thioether (sulfide) groups is 1. The van der Waals surface area contributed by atoms with Crippen LogP contribution in [0.25, 0.3) is 10.2 Å². The van der Waals surface area contributed by atoms with Gasteiger partial charge < -0.3 is 10.1 Å². The molecular formula is C19H16ClN3O5S2. The number of amides is 1. The van der Waals surface area contributed by atoms with Crippen LogP contribution in [0.5, 0.6) is 0 Å². The van der Waals surface area contributed by atoms with Gasteiger partial charge >= 0.3 is 5.97 Å². The maximum Gasteiger partial charge on any atom is 0.306 e. The molecule has 0 unspecified atom stereocenters. The molecule has 8 nitrogen and oxygen atoms in total. The number of hydrogen-bond acceptors (Lipinski definition) is 8. The molecule has 0 atom stereocenters. The number of ether oxygens (including phenoxy) is 1. The average molecular weight is 466 g/mol. The minimum atomic E-state index is -0.648. The molecule has 0 bridgehead atoms. The summed E-state index contributed by atoms with van der Waals surface area (Å²) in [4.78, 5) is 38.4. The lowest BCUT2D eigenvalue weighted by Crippen LogP contribution is -2.20. The molecule has 0 saturated heterocycles. The Morgan fingerprint density at radius 3 is 2.83 bits per heavy atom. The molecule has 0 spiro atoms. The summed E-state index contributed by atoms with van der Waals surface area (Å²) in [5, 5.41) is 13.3. The molecule has 0 aliphatic carbocycles. The van der Waals surface area contributed by atoms with Crippen molar-refractivity contribution in [2.75, 3.05) is 17.7 Å². The van der Waals surface area contributed by atoms with Gasteiger partial charge in [0.1, 0.15) is 5.02 Å². The van der Waals surface area contributed by atoms with Crippen LogP contribution in [0, 0.1) is 10.1 Å². The number of aromatic nitrogens is 1. The maximum absolute atomic E-state index is 11.9. The van der Waals surface area contributed by atoms with Gasteiger partial charge in [0.25, 0.3) is 11.6 Å². The number of fused-ring (bicyclic) bond motifs is 1. The molecule has 11 heteroatoms. The Morgan fingerprint density at radius 2 is 2.07 bits per heavy atom. The molecule has 0 aliphatic rings. The third kappa shape index (κ3) is 6.15. The highest BCUT2D eigenvalue weighted by Gasteiger charge is 2.15. The number of nitrogens with zero attached hydrogens (tertiary/aromatic N) is 2. The van der Waals surface area contributed by atoms with Crippen LogP contribution in [0.15, 0.2) is 46.8 Å². The largest absolute Gasteiger partial charge is 0.456 e. The second kappa shape index (κ2) is 10.4. The zero-order valence-corrected chi connectivity index (χ0v) is 17.9. The number of esters is 1. The van der Waals surface area contributed by atoms with Crippen molar-refractivity contribution in [1.82, 2.24) is 4.98 Å². The van der Waals surface area contributed by atoms with Gasteiger partial charge in [0.15, 0.2) is 10.9 Å². The van der Waals surface area contributed by atoms with Crippen LogP contribution in [0.3, 0.4) is 0 Å². The fraction of sp³-hybridized carbons (Fsp3) is 0.211. The average Bonchev–Trinajstić information content (AvgIpc) is 3.14. The van der Waals surface area contributed by atoms with Gasteiger partial charge in [-0.1, -0.05) is 35.5 Å². The van der Waals surface area contributed by atoms with Crippen molar-refractivity contribution in [3.63, 3.8) is 0 Å². The Hall–Kier alpha value is -2.69. The Bertz CT molecular complexity index is 1060. The SMILES string of the molecule is O=C(COC(=O)CCCSc1nc2ccccc2s1)Nc1ccc(Cl)c([N+](=O)[O-])c1. The van der Waals surface area contributed by atoms with Crippen molar-refractivity contribution in [2.24, 2.45) is 0 Å². The molecule has 3 aromatic rings. The van der Waals surface area contributed by atoms with E-state index in [4.69, 9.17) is 16.3 Å². The molecule has 2 aromatic carbocycles. The topological polar surface area (TPSA) is 111 Å². The van der Waals surface area contributed by atoms with Crippen LogP contribution in [0.4, 0.5) is 11.4 Å². The number of thiazole rings is 1. The van der Waals surface area contributed by atoms with Gasteiger partial charge in [0.2, 0.25) is 0 Å². The molecule has 1 aromatic heterocycles. The molecule has 1 heterocycles. The van der Waals surface area contributed by atoms with E-state index in [1.54, 1.807) is 23.1 Å². The molecule has 1 N–H and O–H groups in total. The van der Waals surface area contributed by atoms with Crippen LogP contribution in [0.1, 0.15) is 12.8 Å². The summed E-state index contributed by atoms with van der Waals surface area (Å²) < 4.78 is 7.01. The summed E-state index contributed by atoms with van der Waals surface area (Å²) in [6, 6.07) is 11.8. The second-order valence-electron chi connectivity index (χ2n) is 6.03. The predicted molar refractivity (Wildman–Crippen MR) is 117 cm³/mol. The Balaban J connectivity index is 1.36. The fourth-order valence-corrected chi connectivity index (χ4v) is 4.70. The van der Waals surface area contributed by atoms with E-state index in [1.165, 1.54) is 12.1 Å². The number of carbonyl (C=O) groups excluding carboxylic acids is 2. The van der Waals surface area contributed by atoms with E-state index in [2.05, 4.69) is 10.3 Å². The summed E-state index contributed by atoms with van der Waals surface area (Å²) in [5.41, 5.74) is 0.831. The van der Waals surface area contributed by atoms with Crippen molar-refractivity contribution in [3.05, 3.63) is 57.6 Å². The first-order valence-electron chi connectivity index (χ1n) is 8.80. The quantitative estimate of drug-likeness (QED) is 0.157. The number of nitrogens with one attached hydrogen (secondary N) is 1. The molecule has 156 valence electrons. The first-order chi connectivity index (χ1) is 14.4. The lowest BCUT2D eigenvalue weighted by atomic mass is 10.3. The number of hydrogen-bond donors (Lipinski definition) is 1. The van der Waals surface area contributed by atoms with Crippen LogP contribution >= 0.6 is 34.7 Å². The molecule has 30 heavy (non-hydrogen) atoms. The lowest BCUT2D eigenvalue weighted by molar-refractivity contribution is -0.384. The molecule has 0 radical (unpaired) electrons. The van der Waals surface area contributed by atoms with Gasteiger partial charge in [0.05, 0.1) is 15.1 Å². The molecule has 0 fully saturated rings. The van der Waals surface area contributed by atoms with Crippen molar-refractivity contribution in [2.45, 2.75) is 17.2 Å². The van der Waals surface area contributed by atoms with Crippen molar-refractivity contribution in [1.29, 1.82) is 0 Å². The normalized spacial score (nSPS) is 10.7. The second-order valence-corrected chi connectivity index (χ2v) is 8.81. The third-order valence-corrected chi connectivity index (χ3v) is 6.40. The van der Waals surface area contributed by atoms with Crippen LogP contribution in [-0.2, 0) is 14.3 Å². The van der Waals surface area contributed by atoms with E-state index in [1.807, 2.05) is 24.3 Å². The standard InChI is InChI=1S/C19H16ClN3O5S2/c20-13-8-7-12(10-15(13)23(26)27)21-17(24)11-28-18(25)6-3-9-29-19-22-14-4-1-2-5-16(14)30-19/h1-2,4-5,7-8,10H,3,6,9,11H2,(H,21,24). The van der Waals surface area contributed by atoms with Crippen LogP contribution < -0.4 is 5.32 Å². The van der Waals surface area contributed by atoms with Crippen LogP contribution in [-0.4, -0.2) is 34.1 Å².